The summed E-state index contributed by atoms with van der Waals surface area (Å²) in [6.07, 6.45) is 0.375. The molecule has 234 valence electrons. The maximum Gasteiger partial charge on any atom is 0.338 e. The number of ether oxygens (including phenoxy) is 2. The number of urea groups is 1. The number of carboxylic acids is 1. The lowest BCUT2D eigenvalue weighted by Crippen LogP contribution is -2.38. The second-order valence-corrected chi connectivity index (χ2v) is 11.8. The van der Waals surface area contributed by atoms with Crippen molar-refractivity contribution in [2.24, 2.45) is 5.92 Å². The van der Waals surface area contributed by atoms with Crippen LogP contribution in [-0.4, -0.2) is 45.6 Å². The predicted molar refractivity (Wildman–Crippen MR) is 173 cm³/mol. The number of nitrogens with one attached hydrogen (secondary N) is 2. The Labute approximate surface area is 267 Å². The van der Waals surface area contributed by atoms with Crippen molar-refractivity contribution in [2.75, 3.05) is 12.3 Å². The van der Waals surface area contributed by atoms with Gasteiger partial charge in [0.15, 0.2) is 6.29 Å². The minimum absolute atomic E-state index is 0.0394. The summed E-state index contributed by atoms with van der Waals surface area (Å²) in [7, 11) is 0. The quantitative estimate of drug-likeness (QED) is 0.142. The molecule has 0 saturated carbocycles. The van der Waals surface area contributed by atoms with Crippen LogP contribution in [0.4, 0.5) is 4.79 Å². The molecule has 0 aliphatic carbocycles. The molecule has 9 nitrogen and oxygen atoms in total. The molecule has 2 amide bonds. The van der Waals surface area contributed by atoms with E-state index in [1.165, 1.54) is 11.8 Å². The van der Waals surface area contributed by atoms with E-state index in [4.69, 9.17) is 9.47 Å². The van der Waals surface area contributed by atoms with E-state index in [0.717, 1.165) is 33.4 Å². The Hall–Kier alpha value is -4.22. The van der Waals surface area contributed by atoms with Crippen LogP contribution in [0.15, 0.2) is 96.2 Å². The number of carboxylic acid groups (broad SMARTS) is 1. The van der Waals surface area contributed by atoms with Crippen LogP contribution < -0.4 is 10.6 Å². The molecule has 0 radical (unpaired) electrons. The summed E-state index contributed by atoms with van der Waals surface area (Å²) < 4.78 is 13.1. The number of rotatable bonds is 11. The van der Waals surface area contributed by atoms with Gasteiger partial charge in [0, 0.05) is 36.5 Å². The van der Waals surface area contributed by atoms with Gasteiger partial charge < -0.3 is 30.3 Å². The number of aliphatic hydroxyl groups is 1. The highest BCUT2D eigenvalue weighted by molar-refractivity contribution is 7.99. The molecule has 1 saturated heterocycles. The van der Waals surface area contributed by atoms with Gasteiger partial charge in [-0.15, -0.1) is 11.8 Å². The first kappa shape index (κ1) is 32.2. The number of carbonyl (C=O) groups excluding carboxylic acids is 1. The fourth-order valence-electron chi connectivity index (χ4n) is 5.24. The maximum absolute atomic E-state index is 11.8. The molecule has 0 unspecified atom stereocenters. The van der Waals surface area contributed by atoms with Crippen LogP contribution in [0.3, 0.4) is 0 Å². The number of amides is 2. The van der Waals surface area contributed by atoms with E-state index in [0.29, 0.717) is 23.9 Å². The smallest absolute Gasteiger partial charge is 0.338 e. The molecule has 4 N–H and O–H groups in total. The second kappa shape index (κ2) is 15.2. The lowest BCUT2D eigenvalue weighted by Gasteiger charge is -2.41. The van der Waals surface area contributed by atoms with Gasteiger partial charge in [-0.3, -0.25) is 0 Å². The molecule has 1 fully saturated rings. The number of thioether (sulfide) groups is 1. The summed E-state index contributed by atoms with van der Waals surface area (Å²) in [6, 6.07) is 26.8. The van der Waals surface area contributed by atoms with Crippen molar-refractivity contribution in [3.8, 4) is 11.1 Å². The first-order valence-electron chi connectivity index (χ1n) is 14.9. The topological polar surface area (TPSA) is 130 Å². The number of aliphatic hydroxyl groups excluding tert-OH is 1. The van der Waals surface area contributed by atoms with Gasteiger partial charge in [0.1, 0.15) is 5.03 Å². The zero-order valence-corrected chi connectivity index (χ0v) is 26.0. The maximum atomic E-state index is 11.8. The van der Waals surface area contributed by atoms with Crippen molar-refractivity contribution in [2.45, 2.75) is 50.5 Å². The fraction of sp³-hybridized carbons (Fsp3) is 0.286. The van der Waals surface area contributed by atoms with Crippen molar-refractivity contribution in [3.63, 3.8) is 0 Å². The normalized spacial score (nSPS) is 19.5. The Balaban J connectivity index is 1.36. The van der Waals surface area contributed by atoms with E-state index >= 15 is 0 Å². The van der Waals surface area contributed by atoms with Gasteiger partial charge in [-0.05, 0) is 52.9 Å². The van der Waals surface area contributed by atoms with E-state index in [2.05, 4.69) is 28.6 Å². The SMILES string of the molecule is CCNC(=O)NCc1cccc(-c2ccc([C@@H]3O[C@H](CSc4ncccc4C(=O)O)[C@H](C)[C@H](c4ccc(CO)cc4)O3)cc2)c1. The Kier molecular flexibility index (Phi) is 10.9. The number of benzene rings is 3. The third-order valence-electron chi connectivity index (χ3n) is 7.74. The molecular formula is C35H37N3O6S. The molecule has 5 rings (SSSR count). The summed E-state index contributed by atoms with van der Waals surface area (Å²) >= 11 is 1.36. The van der Waals surface area contributed by atoms with Crippen LogP contribution in [0.5, 0.6) is 0 Å². The number of aromatic carboxylic acids is 1. The Morgan fingerprint density at radius 2 is 1.64 bits per heavy atom. The minimum atomic E-state index is -1.02. The molecule has 45 heavy (non-hydrogen) atoms. The number of hydrogen-bond acceptors (Lipinski definition) is 7. The van der Waals surface area contributed by atoms with Crippen LogP contribution in [0.2, 0.25) is 0 Å². The Morgan fingerprint density at radius 3 is 2.36 bits per heavy atom. The first-order valence-corrected chi connectivity index (χ1v) is 15.9. The van der Waals surface area contributed by atoms with Crippen molar-refractivity contribution in [1.82, 2.24) is 15.6 Å². The molecular weight excluding hydrogens is 590 g/mol. The molecule has 0 bridgehead atoms. The molecule has 3 aromatic carbocycles. The summed E-state index contributed by atoms with van der Waals surface area (Å²) in [4.78, 5) is 27.9. The van der Waals surface area contributed by atoms with Crippen LogP contribution in [0, 0.1) is 5.92 Å². The van der Waals surface area contributed by atoms with Crippen LogP contribution >= 0.6 is 11.8 Å². The van der Waals surface area contributed by atoms with Gasteiger partial charge in [0.2, 0.25) is 0 Å². The first-order chi connectivity index (χ1) is 21.9. The molecule has 1 aliphatic heterocycles. The lowest BCUT2D eigenvalue weighted by atomic mass is 9.91. The van der Waals surface area contributed by atoms with Gasteiger partial charge in [-0.1, -0.05) is 73.7 Å². The molecule has 4 aromatic rings. The largest absolute Gasteiger partial charge is 0.478 e. The van der Waals surface area contributed by atoms with E-state index < -0.39 is 12.3 Å². The molecule has 2 heterocycles. The van der Waals surface area contributed by atoms with Crippen molar-refractivity contribution in [3.05, 3.63) is 119 Å². The second-order valence-electron chi connectivity index (χ2n) is 10.8. The molecule has 1 aliphatic rings. The van der Waals surface area contributed by atoms with Crippen molar-refractivity contribution >= 4 is 23.8 Å². The summed E-state index contributed by atoms with van der Waals surface area (Å²) in [5.41, 5.74) is 5.84. The van der Waals surface area contributed by atoms with Crippen LogP contribution in [0.25, 0.3) is 11.1 Å². The number of carbonyl (C=O) groups is 2. The summed E-state index contributed by atoms with van der Waals surface area (Å²) in [6.45, 7) is 4.90. The van der Waals surface area contributed by atoms with Gasteiger partial charge in [0.25, 0.3) is 0 Å². The molecule has 4 atom stereocenters. The third-order valence-corrected chi connectivity index (χ3v) is 8.84. The summed E-state index contributed by atoms with van der Waals surface area (Å²) in [5, 5.41) is 25.2. The van der Waals surface area contributed by atoms with Crippen molar-refractivity contribution < 1.29 is 29.3 Å². The molecule has 1 aromatic heterocycles. The zero-order chi connectivity index (χ0) is 31.8. The Morgan fingerprint density at radius 1 is 0.889 bits per heavy atom. The monoisotopic (exact) mass is 627 g/mol. The average Bonchev–Trinajstić information content (AvgIpc) is 3.07. The van der Waals surface area contributed by atoms with E-state index in [1.807, 2.05) is 73.7 Å². The zero-order valence-electron chi connectivity index (χ0n) is 25.2. The van der Waals surface area contributed by atoms with Gasteiger partial charge in [0.05, 0.1) is 24.4 Å². The molecule has 10 heteroatoms. The third kappa shape index (κ3) is 8.09. The minimum Gasteiger partial charge on any atom is -0.478 e. The van der Waals surface area contributed by atoms with E-state index in [-0.39, 0.29) is 36.3 Å². The van der Waals surface area contributed by atoms with Gasteiger partial charge >= 0.3 is 12.0 Å². The lowest BCUT2D eigenvalue weighted by molar-refractivity contribution is -0.268. The van der Waals surface area contributed by atoms with Crippen LogP contribution in [0.1, 0.15) is 58.9 Å². The fourth-order valence-corrected chi connectivity index (χ4v) is 6.39. The van der Waals surface area contributed by atoms with E-state index in [9.17, 15) is 19.8 Å². The van der Waals surface area contributed by atoms with Crippen molar-refractivity contribution in [1.29, 1.82) is 0 Å². The molecule has 0 spiro atoms. The highest BCUT2D eigenvalue weighted by Crippen LogP contribution is 2.43. The highest BCUT2D eigenvalue weighted by Gasteiger charge is 2.38. The van der Waals surface area contributed by atoms with Crippen LogP contribution in [-0.2, 0) is 22.6 Å². The predicted octanol–water partition coefficient (Wildman–Crippen LogP) is 6.34. The highest BCUT2D eigenvalue weighted by atomic mass is 32.2. The number of pyridine rings is 1. The summed E-state index contributed by atoms with van der Waals surface area (Å²) in [5.74, 6) is -0.588. The van der Waals surface area contributed by atoms with E-state index in [1.54, 1.807) is 18.3 Å². The number of hydrogen-bond donors (Lipinski definition) is 4. The standard InChI is InChI=1S/C35H37N3O6S/c1-3-36-35(42)38-19-24-6-4-7-28(18-24)25-13-15-27(16-14-25)34-43-30(21-45-32-29(33(40)41)8-5-17-37-32)22(2)31(44-34)26-11-9-23(20-39)10-12-26/h4-18,22,30-31,34,39H,3,19-21H2,1-2H3,(H,40,41)(H2,36,38,42)/t22-,30+,31+,34+/m0/s1. The van der Waals surface area contributed by atoms with Gasteiger partial charge in [-0.25, -0.2) is 14.6 Å². The average molecular weight is 628 g/mol. The Bertz CT molecular complexity index is 1600. The number of aromatic nitrogens is 1. The van der Waals surface area contributed by atoms with Gasteiger partial charge in [-0.2, -0.15) is 0 Å². The number of nitrogens with zero attached hydrogens (tertiary/aromatic N) is 1.